The molecule has 0 saturated carbocycles. The summed E-state index contributed by atoms with van der Waals surface area (Å²) in [5.74, 6) is 0. The second-order valence-corrected chi connectivity index (χ2v) is 7.95. The highest BCUT2D eigenvalue weighted by Crippen LogP contribution is 2.29. The summed E-state index contributed by atoms with van der Waals surface area (Å²) in [6.07, 6.45) is 1.98. The van der Waals surface area contributed by atoms with Crippen molar-refractivity contribution < 1.29 is 0 Å². The first kappa shape index (κ1) is 19.3. The maximum atomic E-state index is 6.14. The van der Waals surface area contributed by atoms with Crippen LogP contribution in [0.15, 0.2) is 91.1 Å². The molecule has 0 aliphatic heterocycles. The van der Waals surface area contributed by atoms with Gasteiger partial charge < -0.3 is 10.1 Å². The third-order valence-electron chi connectivity index (χ3n) is 5.83. The van der Waals surface area contributed by atoms with Crippen molar-refractivity contribution in [2.24, 2.45) is 0 Å². The lowest BCUT2D eigenvalue weighted by Gasteiger charge is -2.21. The minimum atomic E-state index is 0.738. The summed E-state index contributed by atoms with van der Waals surface area (Å²) < 4.78 is 2.15. The van der Waals surface area contributed by atoms with Crippen LogP contribution in [0, 0.1) is 0 Å². The van der Waals surface area contributed by atoms with E-state index in [1.54, 1.807) is 0 Å². The Bertz CT molecular complexity index is 1340. The molecule has 5 rings (SSSR count). The summed E-state index contributed by atoms with van der Waals surface area (Å²) in [6, 6.07) is 29.6. The fourth-order valence-corrected chi connectivity index (χ4v) is 4.16. The molecular formula is C27H26N4. The van der Waals surface area contributed by atoms with Gasteiger partial charge in [0.2, 0.25) is 0 Å². The van der Waals surface area contributed by atoms with Gasteiger partial charge in [-0.25, -0.2) is 4.98 Å². The van der Waals surface area contributed by atoms with Crippen molar-refractivity contribution in [3.05, 3.63) is 102 Å². The van der Waals surface area contributed by atoms with Crippen molar-refractivity contribution in [1.29, 1.82) is 0 Å². The number of nitrogens with two attached hydrogens (primary N) is 1. The van der Waals surface area contributed by atoms with Gasteiger partial charge in [0.15, 0.2) is 0 Å². The molecule has 0 aliphatic carbocycles. The maximum Gasteiger partial charge on any atom is 0.137 e. The molecule has 31 heavy (non-hydrogen) atoms. The molecule has 0 atom stereocenters. The number of fused-ring (bicyclic) bond motifs is 2. The minimum Gasteiger partial charge on any atom is -0.398 e. The smallest absolute Gasteiger partial charge is 0.137 e. The lowest BCUT2D eigenvalue weighted by molar-refractivity contribution is 0.268. The molecule has 0 radical (unpaired) electrons. The quantitative estimate of drug-likeness (QED) is 0.390. The van der Waals surface area contributed by atoms with Crippen molar-refractivity contribution in [3.63, 3.8) is 0 Å². The number of pyridine rings is 1. The van der Waals surface area contributed by atoms with Gasteiger partial charge in [-0.3, -0.25) is 4.90 Å². The molecule has 2 heterocycles. The van der Waals surface area contributed by atoms with Crippen molar-refractivity contribution in [2.45, 2.75) is 20.0 Å². The highest BCUT2D eigenvalue weighted by molar-refractivity contribution is 5.87. The van der Waals surface area contributed by atoms with E-state index in [1.165, 1.54) is 16.3 Å². The Kier molecular flexibility index (Phi) is 5.14. The average molecular weight is 407 g/mol. The van der Waals surface area contributed by atoms with Crippen LogP contribution in [-0.2, 0) is 13.1 Å². The first-order valence-electron chi connectivity index (χ1n) is 10.7. The Morgan fingerprint density at radius 1 is 0.839 bits per heavy atom. The monoisotopic (exact) mass is 406 g/mol. The van der Waals surface area contributed by atoms with Crippen LogP contribution >= 0.6 is 0 Å². The molecule has 2 N–H and O–H groups in total. The second-order valence-electron chi connectivity index (χ2n) is 7.95. The Morgan fingerprint density at radius 2 is 1.61 bits per heavy atom. The number of nitrogen functional groups attached to an aromatic ring is 1. The van der Waals surface area contributed by atoms with Crippen LogP contribution in [0.25, 0.3) is 27.7 Å². The van der Waals surface area contributed by atoms with Crippen molar-refractivity contribution in [1.82, 2.24) is 14.3 Å². The zero-order chi connectivity index (χ0) is 21.2. The van der Waals surface area contributed by atoms with Crippen molar-refractivity contribution in [2.75, 3.05) is 12.3 Å². The van der Waals surface area contributed by atoms with Crippen LogP contribution in [0.3, 0.4) is 0 Å². The number of nitrogens with zero attached hydrogens (tertiary/aromatic N) is 3. The standard InChI is InChI=1S/C27H26N4/c1-2-30(17-20-8-4-3-5-9-20)19-25-27(29-26-15-14-24(28)18-31(25)26)23-13-12-21-10-6-7-11-22(21)16-23/h3-16,18H,2,17,19,28H2,1H3. The fraction of sp³-hybridized carbons (Fsp3) is 0.148. The van der Waals surface area contributed by atoms with Crippen LogP contribution in [0.5, 0.6) is 0 Å². The number of benzene rings is 3. The van der Waals surface area contributed by atoms with E-state index < -0.39 is 0 Å². The Hall–Kier alpha value is -3.63. The van der Waals surface area contributed by atoms with Gasteiger partial charge in [-0.15, -0.1) is 0 Å². The molecule has 0 fully saturated rings. The Balaban J connectivity index is 1.60. The van der Waals surface area contributed by atoms with Crippen LogP contribution in [0.2, 0.25) is 0 Å². The molecule has 0 spiro atoms. The summed E-state index contributed by atoms with van der Waals surface area (Å²) in [5.41, 5.74) is 12.4. The first-order valence-corrected chi connectivity index (χ1v) is 10.7. The maximum absolute atomic E-state index is 6.14. The van der Waals surface area contributed by atoms with Gasteiger partial charge in [0.25, 0.3) is 0 Å². The molecule has 5 aromatic rings. The number of hydrogen-bond acceptors (Lipinski definition) is 3. The number of imidazole rings is 1. The number of anilines is 1. The SMILES string of the molecule is CCN(Cc1ccccc1)Cc1c(-c2ccc3ccccc3c2)nc2ccc(N)cn12. The number of hydrogen-bond donors (Lipinski definition) is 1. The van der Waals surface area contributed by atoms with Crippen molar-refractivity contribution >= 4 is 22.1 Å². The average Bonchev–Trinajstić information content (AvgIpc) is 3.16. The molecule has 3 aromatic carbocycles. The molecular weight excluding hydrogens is 380 g/mol. The summed E-state index contributed by atoms with van der Waals surface area (Å²) in [5, 5.41) is 2.46. The molecule has 154 valence electrons. The Labute approximate surface area is 182 Å². The summed E-state index contributed by atoms with van der Waals surface area (Å²) in [4.78, 5) is 7.44. The van der Waals surface area contributed by atoms with Gasteiger partial charge in [-0.2, -0.15) is 0 Å². The third kappa shape index (κ3) is 3.90. The third-order valence-corrected chi connectivity index (χ3v) is 5.83. The summed E-state index contributed by atoms with van der Waals surface area (Å²) in [7, 11) is 0. The van der Waals surface area contributed by atoms with E-state index in [-0.39, 0.29) is 0 Å². The van der Waals surface area contributed by atoms with E-state index >= 15 is 0 Å². The summed E-state index contributed by atoms with van der Waals surface area (Å²) >= 11 is 0. The van der Waals surface area contributed by atoms with Crippen LogP contribution in [0.4, 0.5) is 5.69 Å². The minimum absolute atomic E-state index is 0.738. The van der Waals surface area contributed by atoms with E-state index in [4.69, 9.17) is 10.7 Å². The van der Waals surface area contributed by atoms with Crippen LogP contribution < -0.4 is 5.73 Å². The zero-order valence-corrected chi connectivity index (χ0v) is 17.7. The van der Waals surface area contributed by atoms with E-state index in [2.05, 4.69) is 89.0 Å². The van der Waals surface area contributed by atoms with Gasteiger partial charge >= 0.3 is 0 Å². The molecule has 0 unspecified atom stereocenters. The molecule has 0 amide bonds. The molecule has 4 heteroatoms. The lowest BCUT2D eigenvalue weighted by atomic mass is 10.0. The summed E-state index contributed by atoms with van der Waals surface area (Å²) in [6.45, 7) is 4.83. The molecule has 0 aliphatic rings. The van der Waals surface area contributed by atoms with Gasteiger partial charge in [0, 0.05) is 30.5 Å². The van der Waals surface area contributed by atoms with E-state index in [0.717, 1.165) is 47.9 Å². The largest absolute Gasteiger partial charge is 0.398 e. The van der Waals surface area contributed by atoms with Gasteiger partial charge in [0.05, 0.1) is 11.4 Å². The topological polar surface area (TPSA) is 46.6 Å². The van der Waals surface area contributed by atoms with Gasteiger partial charge in [-0.05, 0) is 41.1 Å². The molecule has 0 bridgehead atoms. The Morgan fingerprint density at radius 3 is 2.42 bits per heavy atom. The zero-order valence-electron chi connectivity index (χ0n) is 17.7. The predicted octanol–water partition coefficient (Wildman–Crippen LogP) is 5.76. The van der Waals surface area contributed by atoms with Gasteiger partial charge in [-0.1, -0.05) is 73.7 Å². The predicted molar refractivity (Wildman–Crippen MR) is 129 cm³/mol. The van der Waals surface area contributed by atoms with E-state index in [0.29, 0.717) is 0 Å². The number of aromatic nitrogens is 2. The van der Waals surface area contributed by atoms with E-state index in [9.17, 15) is 0 Å². The number of rotatable bonds is 6. The lowest BCUT2D eigenvalue weighted by Crippen LogP contribution is -2.23. The normalized spacial score (nSPS) is 11.5. The molecule has 4 nitrogen and oxygen atoms in total. The first-order chi connectivity index (χ1) is 15.2. The highest BCUT2D eigenvalue weighted by Gasteiger charge is 2.17. The van der Waals surface area contributed by atoms with Crippen LogP contribution in [0.1, 0.15) is 18.2 Å². The molecule has 2 aromatic heterocycles. The highest BCUT2D eigenvalue weighted by atomic mass is 15.1. The van der Waals surface area contributed by atoms with E-state index in [1.807, 2.05) is 18.3 Å². The van der Waals surface area contributed by atoms with Crippen molar-refractivity contribution in [3.8, 4) is 11.3 Å². The van der Waals surface area contributed by atoms with Crippen LogP contribution in [-0.4, -0.2) is 20.8 Å². The second kappa shape index (κ2) is 8.25. The fourth-order valence-electron chi connectivity index (χ4n) is 4.16. The van der Waals surface area contributed by atoms with Gasteiger partial charge in [0.1, 0.15) is 5.65 Å². The molecule has 0 saturated heterocycles.